The summed E-state index contributed by atoms with van der Waals surface area (Å²) in [5, 5.41) is 11.0. The summed E-state index contributed by atoms with van der Waals surface area (Å²) in [6.45, 7) is 14.5. The first-order valence-corrected chi connectivity index (χ1v) is 16.5. The monoisotopic (exact) mass is 550 g/mol. The zero-order chi connectivity index (χ0) is 28.7. The second-order valence-corrected chi connectivity index (χ2v) is 16.3. The molecule has 222 valence electrons. The molecule has 0 bridgehead atoms. The Morgan fingerprint density at radius 2 is 1.68 bits per heavy atom. The van der Waals surface area contributed by atoms with Crippen LogP contribution in [0.2, 0.25) is 0 Å². The third-order valence-electron chi connectivity index (χ3n) is 14.8. The molecule has 0 spiro atoms. The van der Waals surface area contributed by atoms with Gasteiger partial charge in [0.2, 0.25) is 0 Å². The number of hydrogen-bond donors (Lipinski definition) is 1. The Bertz CT molecular complexity index is 1120. The Morgan fingerprint density at radius 3 is 2.38 bits per heavy atom. The van der Waals surface area contributed by atoms with Crippen LogP contribution in [0.1, 0.15) is 119 Å². The normalized spacial score (nSPS) is 49.1. The summed E-state index contributed by atoms with van der Waals surface area (Å²) in [6, 6.07) is 0. The Kier molecular flexibility index (Phi) is 6.85. The van der Waals surface area contributed by atoms with Gasteiger partial charge in [-0.2, -0.15) is 0 Å². The number of ether oxygens (including phenoxy) is 1. The molecular weight excluding hydrogens is 496 g/mol. The number of carbonyl (C=O) groups excluding carboxylic acids is 2. The van der Waals surface area contributed by atoms with Crippen molar-refractivity contribution in [1.29, 1.82) is 0 Å². The molecule has 1 N–H and O–H groups in total. The third-order valence-corrected chi connectivity index (χ3v) is 14.8. The number of Topliss-reactive ketones (excluding diaryl/α,β-unsaturated/α-hetero) is 1. The Morgan fingerprint density at radius 1 is 0.900 bits per heavy atom. The first kappa shape index (κ1) is 28.7. The summed E-state index contributed by atoms with van der Waals surface area (Å²) in [6.07, 6.45) is 18.3. The SMILES string of the molecule is CC(=O)C1CCC2(C(=O)OCC3=CC=CCC3)CC[C@]3(C)C(CCC4C5(C)CC[C@@H](O)C(C)(C)[C@@H]5CCC43C)C12. The fourth-order valence-electron chi connectivity index (χ4n) is 12.5. The minimum atomic E-state index is -0.507. The van der Waals surface area contributed by atoms with E-state index in [1.165, 1.54) is 24.8 Å². The van der Waals surface area contributed by atoms with Gasteiger partial charge in [-0.15, -0.1) is 0 Å². The van der Waals surface area contributed by atoms with Crippen LogP contribution in [0.15, 0.2) is 23.8 Å². The topological polar surface area (TPSA) is 63.6 Å². The Balaban J connectivity index is 1.33. The molecule has 6 rings (SSSR count). The molecule has 0 heterocycles. The fraction of sp³-hybridized carbons (Fsp3) is 0.833. The lowest BCUT2D eigenvalue weighted by atomic mass is 9.32. The number of carbonyl (C=O) groups is 2. The Hall–Kier alpha value is -1.42. The van der Waals surface area contributed by atoms with Gasteiger partial charge in [-0.3, -0.25) is 9.59 Å². The summed E-state index contributed by atoms with van der Waals surface area (Å²) >= 11 is 0. The predicted octanol–water partition coefficient (Wildman–Crippen LogP) is 7.84. The van der Waals surface area contributed by atoms with Gasteiger partial charge in [-0.05, 0) is 135 Å². The molecule has 6 aliphatic rings. The summed E-state index contributed by atoms with van der Waals surface area (Å²) in [5.74, 6) is 1.87. The average molecular weight is 551 g/mol. The van der Waals surface area contributed by atoms with E-state index in [1.54, 1.807) is 6.92 Å². The number of rotatable bonds is 4. The van der Waals surface area contributed by atoms with Crippen LogP contribution in [-0.2, 0) is 14.3 Å². The Labute approximate surface area is 242 Å². The van der Waals surface area contributed by atoms with Crippen molar-refractivity contribution in [2.45, 2.75) is 125 Å². The fourth-order valence-corrected chi connectivity index (χ4v) is 12.5. The molecule has 0 radical (unpaired) electrons. The van der Waals surface area contributed by atoms with E-state index in [1.807, 2.05) is 0 Å². The molecule has 7 unspecified atom stereocenters. The third kappa shape index (κ3) is 3.79. The van der Waals surface area contributed by atoms with Crippen LogP contribution in [0, 0.1) is 56.7 Å². The summed E-state index contributed by atoms with van der Waals surface area (Å²) in [7, 11) is 0. The van der Waals surface area contributed by atoms with Gasteiger partial charge in [0, 0.05) is 5.92 Å². The van der Waals surface area contributed by atoms with Gasteiger partial charge < -0.3 is 9.84 Å². The van der Waals surface area contributed by atoms with Crippen molar-refractivity contribution >= 4 is 11.8 Å². The maximum absolute atomic E-state index is 14.1. The molecule has 40 heavy (non-hydrogen) atoms. The van der Waals surface area contributed by atoms with Crippen LogP contribution in [0.4, 0.5) is 0 Å². The highest BCUT2D eigenvalue weighted by Crippen LogP contribution is 2.77. The van der Waals surface area contributed by atoms with Crippen molar-refractivity contribution in [2.24, 2.45) is 56.7 Å². The van der Waals surface area contributed by atoms with E-state index in [0.717, 1.165) is 57.8 Å². The molecule has 5 fully saturated rings. The van der Waals surface area contributed by atoms with Crippen molar-refractivity contribution in [1.82, 2.24) is 0 Å². The van der Waals surface area contributed by atoms with Crippen LogP contribution in [0.25, 0.3) is 0 Å². The number of aliphatic hydroxyl groups excluding tert-OH is 1. The van der Waals surface area contributed by atoms with Gasteiger partial charge in [0.1, 0.15) is 12.4 Å². The first-order valence-electron chi connectivity index (χ1n) is 16.5. The largest absolute Gasteiger partial charge is 0.461 e. The molecule has 4 nitrogen and oxygen atoms in total. The van der Waals surface area contributed by atoms with Gasteiger partial charge in [0.15, 0.2) is 0 Å². The van der Waals surface area contributed by atoms with Crippen molar-refractivity contribution in [3.05, 3.63) is 23.8 Å². The zero-order valence-electron chi connectivity index (χ0n) is 26.1. The molecule has 10 atom stereocenters. The minimum absolute atomic E-state index is 0.0233. The van der Waals surface area contributed by atoms with Gasteiger partial charge >= 0.3 is 5.97 Å². The lowest BCUT2D eigenvalue weighted by Crippen LogP contribution is -2.67. The van der Waals surface area contributed by atoms with E-state index in [9.17, 15) is 14.7 Å². The molecule has 0 aromatic carbocycles. The second kappa shape index (κ2) is 9.55. The highest BCUT2D eigenvalue weighted by Gasteiger charge is 2.72. The number of ketones is 1. The summed E-state index contributed by atoms with van der Waals surface area (Å²) in [4.78, 5) is 27.3. The van der Waals surface area contributed by atoms with Crippen LogP contribution in [0.5, 0.6) is 0 Å². The van der Waals surface area contributed by atoms with E-state index < -0.39 is 5.41 Å². The standard InChI is InChI=1S/C36H54O4/c1-23(37)25-14-19-36(31(39)40-22-24-10-8-7-9-11-24)21-20-34(5)26(30(25)36)12-13-28-33(4)17-16-29(38)32(2,3)27(33)15-18-35(28,34)6/h7-8,10,25-30,38H,9,11-22H2,1-6H3/t25?,26?,27-,28?,29+,30?,33?,34+,35?,36?/m0/s1. The zero-order valence-corrected chi connectivity index (χ0v) is 26.1. The highest BCUT2D eigenvalue weighted by atomic mass is 16.5. The maximum atomic E-state index is 14.1. The van der Waals surface area contributed by atoms with Gasteiger partial charge in [0.05, 0.1) is 11.5 Å². The van der Waals surface area contributed by atoms with Gasteiger partial charge in [-0.25, -0.2) is 0 Å². The highest BCUT2D eigenvalue weighted by molar-refractivity contribution is 5.84. The van der Waals surface area contributed by atoms with Gasteiger partial charge in [0.25, 0.3) is 0 Å². The smallest absolute Gasteiger partial charge is 0.312 e. The lowest BCUT2D eigenvalue weighted by molar-refractivity contribution is -0.248. The molecule has 5 saturated carbocycles. The molecule has 0 saturated heterocycles. The number of hydrogen-bond acceptors (Lipinski definition) is 4. The number of allylic oxidation sites excluding steroid dienone is 3. The molecule has 4 heteroatoms. The second-order valence-electron chi connectivity index (χ2n) is 16.3. The maximum Gasteiger partial charge on any atom is 0.312 e. The number of esters is 1. The minimum Gasteiger partial charge on any atom is -0.461 e. The number of aliphatic hydroxyl groups is 1. The van der Waals surface area contributed by atoms with Crippen molar-refractivity contribution in [3.8, 4) is 0 Å². The molecule has 6 aliphatic carbocycles. The van der Waals surface area contributed by atoms with E-state index in [-0.39, 0.29) is 51.4 Å². The van der Waals surface area contributed by atoms with Crippen molar-refractivity contribution < 1.29 is 19.4 Å². The van der Waals surface area contributed by atoms with E-state index in [0.29, 0.717) is 24.4 Å². The molecule has 0 amide bonds. The lowest BCUT2D eigenvalue weighted by Gasteiger charge is -2.72. The summed E-state index contributed by atoms with van der Waals surface area (Å²) < 4.78 is 6.14. The van der Waals surface area contributed by atoms with E-state index in [4.69, 9.17) is 4.74 Å². The van der Waals surface area contributed by atoms with Crippen molar-refractivity contribution in [3.63, 3.8) is 0 Å². The van der Waals surface area contributed by atoms with Gasteiger partial charge in [-0.1, -0.05) is 52.8 Å². The average Bonchev–Trinajstić information content (AvgIpc) is 3.32. The number of fused-ring (bicyclic) bond motifs is 7. The van der Waals surface area contributed by atoms with Crippen molar-refractivity contribution in [2.75, 3.05) is 6.61 Å². The molecule has 0 aromatic heterocycles. The predicted molar refractivity (Wildman–Crippen MR) is 158 cm³/mol. The molecule has 0 aliphatic heterocycles. The quantitative estimate of drug-likeness (QED) is 0.362. The first-order chi connectivity index (χ1) is 18.8. The molecular formula is C36H54O4. The van der Waals surface area contributed by atoms with Crippen LogP contribution >= 0.6 is 0 Å². The van der Waals surface area contributed by atoms with Crippen LogP contribution in [-0.4, -0.2) is 29.6 Å². The molecule has 0 aromatic rings. The van der Waals surface area contributed by atoms with Crippen LogP contribution in [0.3, 0.4) is 0 Å². The van der Waals surface area contributed by atoms with Crippen LogP contribution < -0.4 is 0 Å². The van der Waals surface area contributed by atoms with E-state index >= 15 is 0 Å². The summed E-state index contributed by atoms with van der Waals surface area (Å²) in [5.41, 5.74) is 1.16. The van der Waals surface area contributed by atoms with E-state index in [2.05, 4.69) is 52.8 Å².